The van der Waals surface area contributed by atoms with E-state index in [1.165, 1.54) is 0 Å². The second-order valence-corrected chi connectivity index (χ2v) is 2.96. The Morgan fingerprint density at radius 1 is 1.73 bits per heavy atom. The third-order valence-electron chi connectivity index (χ3n) is 2.05. The number of likely N-dealkylation sites (tertiary alicyclic amines) is 1. The van der Waals surface area contributed by atoms with Crippen molar-refractivity contribution in [3.8, 4) is 0 Å². The second kappa shape index (κ2) is 3.72. The van der Waals surface area contributed by atoms with Crippen LogP contribution in [-0.2, 0) is 4.79 Å². The maximum atomic E-state index is 11.1. The van der Waals surface area contributed by atoms with Gasteiger partial charge >= 0.3 is 0 Å². The number of unbranched alkanes of at least 4 members (excludes halogenated alkanes) is 1. The Morgan fingerprint density at radius 2 is 2.45 bits per heavy atom. The van der Waals surface area contributed by atoms with Crippen molar-refractivity contribution in [1.82, 2.24) is 4.90 Å². The number of aliphatic hydroxyl groups excluding tert-OH is 1. The van der Waals surface area contributed by atoms with Crippen molar-refractivity contribution in [1.29, 1.82) is 0 Å². The average Bonchev–Trinajstić information content (AvgIpc) is 2.29. The average molecular weight is 157 g/mol. The van der Waals surface area contributed by atoms with Crippen LogP contribution < -0.4 is 0 Å². The van der Waals surface area contributed by atoms with Crippen molar-refractivity contribution < 1.29 is 9.90 Å². The molecule has 1 N–H and O–H groups in total. The zero-order valence-electron chi connectivity index (χ0n) is 6.92. The Bertz CT molecular complexity index is 147. The highest BCUT2D eigenvalue weighted by Gasteiger charge is 2.27. The molecule has 0 saturated carbocycles. The normalized spacial score (nSPS) is 24.7. The standard InChI is InChI=1S/C8H15NO2/c1-2-3-6-9-7(10)4-5-8(9)11/h7,10H,2-6H2,1H3. The van der Waals surface area contributed by atoms with Crippen molar-refractivity contribution in [3.05, 3.63) is 0 Å². The molecule has 3 nitrogen and oxygen atoms in total. The zero-order valence-corrected chi connectivity index (χ0v) is 6.92. The molecule has 0 aliphatic carbocycles. The van der Waals surface area contributed by atoms with Crippen molar-refractivity contribution in [3.63, 3.8) is 0 Å². The van der Waals surface area contributed by atoms with E-state index in [-0.39, 0.29) is 5.91 Å². The van der Waals surface area contributed by atoms with Crippen molar-refractivity contribution in [2.24, 2.45) is 0 Å². The van der Waals surface area contributed by atoms with Gasteiger partial charge in [0.05, 0.1) is 0 Å². The molecule has 3 heteroatoms. The fourth-order valence-electron chi connectivity index (χ4n) is 1.32. The van der Waals surface area contributed by atoms with Gasteiger partial charge in [0.25, 0.3) is 0 Å². The number of hydrogen-bond donors (Lipinski definition) is 1. The molecule has 0 aromatic heterocycles. The lowest BCUT2D eigenvalue weighted by Crippen LogP contribution is -2.33. The lowest BCUT2D eigenvalue weighted by molar-refractivity contribution is -0.133. The maximum absolute atomic E-state index is 11.1. The molecule has 64 valence electrons. The third-order valence-corrected chi connectivity index (χ3v) is 2.05. The van der Waals surface area contributed by atoms with E-state index in [9.17, 15) is 9.90 Å². The van der Waals surface area contributed by atoms with Crippen LogP contribution in [0, 0.1) is 0 Å². The molecule has 1 rings (SSSR count). The quantitative estimate of drug-likeness (QED) is 0.656. The predicted molar refractivity (Wildman–Crippen MR) is 41.9 cm³/mol. The first-order valence-electron chi connectivity index (χ1n) is 4.23. The predicted octanol–water partition coefficient (Wildman–Crippen LogP) is 0.727. The molecule has 1 aliphatic heterocycles. The smallest absolute Gasteiger partial charge is 0.224 e. The number of aliphatic hydroxyl groups is 1. The Kier molecular flexibility index (Phi) is 2.88. The lowest BCUT2D eigenvalue weighted by atomic mass is 10.3. The van der Waals surface area contributed by atoms with Crippen molar-refractivity contribution in [2.75, 3.05) is 6.54 Å². The largest absolute Gasteiger partial charge is 0.374 e. The minimum Gasteiger partial charge on any atom is -0.374 e. The monoisotopic (exact) mass is 157 g/mol. The van der Waals surface area contributed by atoms with Crippen LogP contribution in [0.4, 0.5) is 0 Å². The van der Waals surface area contributed by atoms with E-state index in [2.05, 4.69) is 6.92 Å². The van der Waals surface area contributed by atoms with E-state index in [0.29, 0.717) is 12.8 Å². The Labute approximate surface area is 67.0 Å². The summed E-state index contributed by atoms with van der Waals surface area (Å²) in [5.74, 6) is 0.103. The van der Waals surface area contributed by atoms with Gasteiger partial charge in [-0.05, 0) is 6.42 Å². The van der Waals surface area contributed by atoms with Gasteiger partial charge in [0.2, 0.25) is 5.91 Å². The van der Waals surface area contributed by atoms with Gasteiger partial charge in [-0.2, -0.15) is 0 Å². The first-order valence-corrected chi connectivity index (χ1v) is 4.23. The van der Waals surface area contributed by atoms with Crippen LogP contribution in [0.15, 0.2) is 0 Å². The van der Waals surface area contributed by atoms with Gasteiger partial charge in [-0.15, -0.1) is 0 Å². The minimum absolute atomic E-state index is 0.103. The molecule has 1 fully saturated rings. The van der Waals surface area contributed by atoms with Gasteiger partial charge < -0.3 is 10.0 Å². The molecule has 0 spiro atoms. The van der Waals surface area contributed by atoms with Crippen LogP contribution in [0.5, 0.6) is 0 Å². The van der Waals surface area contributed by atoms with Gasteiger partial charge in [-0.3, -0.25) is 4.79 Å². The molecule has 1 amide bonds. The maximum Gasteiger partial charge on any atom is 0.224 e. The summed E-state index contributed by atoms with van der Waals surface area (Å²) >= 11 is 0. The van der Waals surface area contributed by atoms with E-state index in [4.69, 9.17) is 0 Å². The summed E-state index contributed by atoms with van der Waals surface area (Å²) in [4.78, 5) is 12.6. The lowest BCUT2D eigenvalue weighted by Gasteiger charge is -2.19. The van der Waals surface area contributed by atoms with E-state index in [1.54, 1.807) is 4.90 Å². The molecular formula is C8H15NO2. The van der Waals surface area contributed by atoms with E-state index in [1.807, 2.05) is 0 Å². The zero-order chi connectivity index (χ0) is 8.27. The number of carbonyl (C=O) groups is 1. The molecule has 0 aromatic carbocycles. The highest BCUT2D eigenvalue weighted by atomic mass is 16.3. The van der Waals surface area contributed by atoms with Crippen LogP contribution >= 0.6 is 0 Å². The number of hydrogen-bond acceptors (Lipinski definition) is 2. The van der Waals surface area contributed by atoms with E-state index < -0.39 is 6.23 Å². The summed E-state index contributed by atoms with van der Waals surface area (Å²) in [6.45, 7) is 2.80. The topological polar surface area (TPSA) is 40.5 Å². The SMILES string of the molecule is CCCCN1C(=O)CCC1O. The first-order chi connectivity index (χ1) is 5.25. The first kappa shape index (κ1) is 8.53. The summed E-state index contributed by atoms with van der Waals surface area (Å²) in [6.07, 6.45) is 2.68. The van der Waals surface area contributed by atoms with Gasteiger partial charge in [-0.25, -0.2) is 0 Å². The number of nitrogens with zero attached hydrogens (tertiary/aromatic N) is 1. The second-order valence-electron chi connectivity index (χ2n) is 2.96. The van der Waals surface area contributed by atoms with Crippen LogP contribution in [0.2, 0.25) is 0 Å². The fourth-order valence-corrected chi connectivity index (χ4v) is 1.32. The van der Waals surface area contributed by atoms with Crippen LogP contribution in [0.1, 0.15) is 32.6 Å². The molecule has 1 aliphatic rings. The van der Waals surface area contributed by atoms with Crippen LogP contribution in [0.3, 0.4) is 0 Å². The molecule has 11 heavy (non-hydrogen) atoms. The summed E-state index contributed by atoms with van der Waals surface area (Å²) in [6, 6.07) is 0. The van der Waals surface area contributed by atoms with Crippen molar-refractivity contribution >= 4 is 5.91 Å². The van der Waals surface area contributed by atoms with Gasteiger partial charge in [0, 0.05) is 19.4 Å². The van der Waals surface area contributed by atoms with E-state index >= 15 is 0 Å². The third kappa shape index (κ3) is 1.93. The molecule has 1 atom stereocenters. The number of rotatable bonds is 3. The molecule has 0 aromatic rings. The summed E-state index contributed by atoms with van der Waals surface area (Å²) in [7, 11) is 0. The highest BCUT2D eigenvalue weighted by Crippen LogP contribution is 2.16. The van der Waals surface area contributed by atoms with Crippen LogP contribution in [0.25, 0.3) is 0 Å². The molecule has 0 radical (unpaired) electrons. The van der Waals surface area contributed by atoms with E-state index in [0.717, 1.165) is 19.4 Å². The molecule has 0 bridgehead atoms. The van der Waals surface area contributed by atoms with Gasteiger partial charge in [-0.1, -0.05) is 13.3 Å². The van der Waals surface area contributed by atoms with Crippen LogP contribution in [-0.4, -0.2) is 28.7 Å². The molecule has 1 unspecified atom stereocenters. The molecular weight excluding hydrogens is 142 g/mol. The molecule has 1 saturated heterocycles. The van der Waals surface area contributed by atoms with Gasteiger partial charge in [0.1, 0.15) is 6.23 Å². The highest BCUT2D eigenvalue weighted by molar-refractivity contribution is 5.78. The van der Waals surface area contributed by atoms with Gasteiger partial charge in [0.15, 0.2) is 0 Å². The summed E-state index contributed by atoms with van der Waals surface area (Å²) in [5.41, 5.74) is 0. The number of amides is 1. The minimum atomic E-state index is -0.506. The Hall–Kier alpha value is -0.570. The Morgan fingerprint density at radius 3 is 2.91 bits per heavy atom. The molecule has 1 heterocycles. The number of carbonyl (C=O) groups excluding carboxylic acids is 1. The Balaban J connectivity index is 2.35. The summed E-state index contributed by atoms with van der Waals surface area (Å²) < 4.78 is 0. The van der Waals surface area contributed by atoms with Crippen molar-refractivity contribution in [2.45, 2.75) is 38.8 Å². The summed E-state index contributed by atoms with van der Waals surface area (Å²) in [5, 5.41) is 9.29. The fraction of sp³-hybridized carbons (Fsp3) is 0.875.